The minimum absolute atomic E-state index is 0.142. The molecule has 4 rings (SSSR count). The quantitative estimate of drug-likeness (QED) is 0.832. The number of nitrogens with one attached hydrogen (secondary N) is 1. The highest BCUT2D eigenvalue weighted by molar-refractivity contribution is 6.62. The van der Waals surface area contributed by atoms with E-state index in [0.29, 0.717) is 17.9 Å². The zero-order valence-electron chi connectivity index (χ0n) is 16.1. The summed E-state index contributed by atoms with van der Waals surface area (Å²) in [5.41, 5.74) is 1.55. The molecule has 140 valence electrons. The fraction of sp³-hybridized carbons (Fsp3) is 0.381. The number of benzene rings is 2. The van der Waals surface area contributed by atoms with Crippen LogP contribution in [0.1, 0.15) is 49.7 Å². The minimum atomic E-state index is -0.486. The van der Waals surface area contributed by atoms with Crippen LogP contribution < -0.4 is 15.5 Å². The van der Waals surface area contributed by atoms with E-state index in [-0.39, 0.29) is 11.9 Å². The largest absolute Gasteiger partial charge is 0.494 e. The number of hydrogen-bond donors (Lipinski definition) is 1. The van der Waals surface area contributed by atoms with Crippen LogP contribution in [0.5, 0.6) is 5.75 Å². The van der Waals surface area contributed by atoms with Gasteiger partial charge in [-0.15, -0.1) is 0 Å². The van der Waals surface area contributed by atoms with Crippen molar-refractivity contribution in [1.29, 1.82) is 0 Å². The van der Waals surface area contributed by atoms with Crippen LogP contribution in [-0.4, -0.2) is 30.8 Å². The van der Waals surface area contributed by atoms with Crippen LogP contribution in [0.2, 0.25) is 0 Å². The van der Waals surface area contributed by atoms with E-state index in [9.17, 15) is 4.79 Å². The third-order valence-corrected chi connectivity index (χ3v) is 5.69. The van der Waals surface area contributed by atoms with Gasteiger partial charge in [0.2, 0.25) is 0 Å². The summed E-state index contributed by atoms with van der Waals surface area (Å²) in [5, 5.41) is 3.04. The Kier molecular flexibility index (Phi) is 4.28. The Balaban J connectivity index is 1.59. The summed E-state index contributed by atoms with van der Waals surface area (Å²) in [6, 6.07) is 15.1. The van der Waals surface area contributed by atoms with Crippen molar-refractivity contribution in [2.75, 3.05) is 6.61 Å². The summed E-state index contributed by atoms with van der Waals surface area (Å²) in [6.45, 7) is 8.45. The first kappa shape index (κ1) is 18.1. The fourth-order valence-corrected chi connectivity index (χ4v) is 3.29. The molecule has 6 heteroatoms. The first-order valence-electron chi connectivity index (χ1n) is 9.25. The van der Waals surface area contributed by atoms with Gasteiger partial charge in [0.1, 0.15) is 12.4 Å². The highest BCUT2D eigenvalue weighted by Crippen LogP contribution is 2.37. The van der Waals surface area contributed by atoms with Gasteiger partial charge in [0.15, 0.2) is 0 Å². The number of hydrogen-bond acceptors (Lipinski definition) is 4. The molecule has 1 N–H and O–H groups in total. The number of amides is 1. The van der Waals surface area contributed by atoms with Crippen LogP contribution in [0.15, 0.2) is 48.5 Å². The summed E-state index contributed by atoms with van der Waals surface area (Å²) in [5.74, 6) is 0.412. The smallest absolute Gasteiger partial charge is 0.490 e. The minimum Gasteiger partial charge on any atom is -0.490 e. The van der Waals surface area contributed by atoms with E-state index in [1.165, 1.54) is 0 Å². The Bertz CT molecular complexity index is 850. The summed E-state index contributed by atoms with van der Waals surface area (Å²) in [4.78, 5) is 12.7. The van der Waals surface area contributed by atoms with Crippen molar-refractivity contribution in [2.45, 2.75) is 44.9 Å². The zero-order chi connectivity index (χ0) is 19.2. The lowest BCUT2D eigenvalue weighted by atomic mass is 9.78. The van der Waals surface area contributed by atoms with Gasteiger partial charge in [0.05, 0.1) is 22.8 Å². The van der Waals surface area contributed by atoms with Crippen LogP contribution in [-0.2, 0) is 9.31 Å². The molecule has 1 fully saturated rings. The van der Waals surface area contributed by atoms with Gasteiger partial charge < -0.3 is 19.4 Å². The maximum absolute atomic E-state index is 12.7. The van der Waals surface area contributed by atoms with Crippen LogP contribution >= 0.6 is 0 Å². The van der Waals surface area contributed by atoms with Crippen LogP contribution in [0.25, 0.3) is 0 Å². The number of rotatable bonds is 2. The molecule has 2 aromatic carbocycles. The average molecular weight is 365 g/mol. The van der Waals surface area contributed by atoms with Gasteiger partial charge in [-0.2, -0.15) is 0 Å². The highest BCUT2D eigenvalue weighted by atomic mass is 16.7. The first-order valence-corrected chi connectivity index (χ1v) is 9.25. The van der Waals surface area contributed by atoms with Gasteiger partial charge in [0, 0.05) is 0 Å². The Morgan fingerprint density at radius 2 is 1.67 bits per heavy atom. The van der Waals surface area contributed by atoms with Crippen molar-refractivity contribution in [2.24, 2.45) is 0 Å². The van der Waals surface area contributed by atoms with Crippen molar-refractivity contribution in [1.82, 2.24) is 5.32 Å². The van der Waals surface area contributed by atoms with Crippen molar-refractivity contribution in [3.8, 4) is 5.75 Å². The maximum atomic E-state index is 12.7. The van der Waals surface area contributed by atoms with Gasteiger partial charge in [0.25, 0.3) is 5.91 Å². The molecule has 0 aliphatic carbocycles. The molecule has 1 atom stereocenters. The van der Waals surface area contributed by atoms with E-state index in [1.54, 1.807) is 6.07 Å². The Labute approximate surface area is 160 Å². The zero-order valence-corrected chi connectivity index (χ0v) is 16.1. The van der Waals surface area contributed by atoms with Gasteiger partial charge in [-0.3, -0.25) is 4.79 Å². The SMILES string of the molecule is CC1(C)OB(c2ccc3c(c2)OCC(c2ccccc2)NC3=O)OC1(C)C. The van der Waals surface area contributed by atoms with Gasteiger partial charge in [-0.25, -0.2) is 0 Å². The standard InChI is InChI=1S/C21H24BNO4/c1-20(2)21(3,4)27-22(26-20)15-10-11-16-18(12-15)25-13-17(23-19(16)24)14-8-6-5-7-9-14/h5-12,17H,13H2,1-4H3,(H,23,24). The van der Waals surface area contributed by atoms with Gasteiger partial charge in [-0.1, -0.05) is 36.4 Å². The molecule has 2 aliphatic heterocycles. The highest BCUT2D eigenvalue weighted by Gasteiger charge is 2.51. The third-order valence-electron chi connectivity index (χ3n) is 5.69. The van der Waals surface area contributed by atoms with E-state index in [0.717, 1.165) is 11.0 Å². The number of carbonyl (C=O) groups excluding carboxylic acids is 1. The maximum Gasteiger partial charge on any atom is 0.494 e. The molecule has 2 heterocycles. The van der Waals surface area contributed by atoms with E-state index in [2.05, 4.69) is 5.32 Å². The summed E-state index contributed by atoms with van der Waals surface area (Å²) in [7, 11) is -0.486. The van der Waals surface area contributed by atoms with Crippen molar-refractivity contribution in [3.05, 3.63) is 59.7 Å². The molecule has 0 spiro atoms. The Morgan fingerprint density at radius 1 is 1.00 bits per heavy atom. The molecular formula is C21H24BNO4. The molecule has 27 heavy (non-hydrogen) atoms. The molecule has 5 nitrogen and oxygen atoms in total. The van der Waals surface area contributed by atoms with E-state index < -0.39 is 18.3 Å². The second kappa shape index (κ2) is 6.39. The van der Waals surface area contributed by atoms with Crippen molar-refractivity contribution in [3.63, 3.8) is 0 Å². The molecule has 0 radical (unpaired) electrons. The third kappa shape index (κ3) is 3.24. The summed E-state index contributed by atoms with van der Waals surface area (Å²) < 4.78 is 18.2. The van der Waals surface area contributed by atoms with Crippen LogP contribution in [0.4, 0.5) is 0 Å². The Hall–Kier alpha value is -2.31. The lowest BCUT2D eigenvalue weighted by molar-refractivity contribution is 0.00578. The van der Waals surface area contributed by atoms with E-state index >= 15 is 0 Å². The average Bonchev–Trinajstić information content (AvgIpc) is 2.76. The predicted molar refractivity (Wildman–Crippen MR) is 104 cm³/mol. The molecule has 1 amide bonds. The molecule has 2 aromatic rings. The molecule has 0 saturated carbocycles. The van der Waals surface area contributed by atoms with E-state index in [1.807, 2.05) is 70.2 Å². The number of carbonyl (C=O) groups is 1. The number of ether oxygens (including phenoxy) is 1. The second-order valence-corrected chi connectivity index (χ2v) is 8.09. The fourth-order valence-electron chi connectivity index (χ4n) is 3.29. The van der Waals surface area contributed by atoms with Gasteiger partial charge >= 0.3 is 7.12 Å². The number of fused-ring (bicyclic) bond motifs is 1. The normalized spacial score (nSPS) is 23.2. The molecule has 2 aliphatic rings. The van der Waals surface area contributed by atoms with Crippen LogP contribution in [0, 0.1) is 0 Å². The molecule has 0 bridgehead atoms. The molecule has 0 aromatic heterocycles. The van der Waals surface area contributed by atoms with Crippen molar-refractivity contribution >= 4 is 18.5 Å². The summed E-state index contributed by atoms with van der Waals surface area (Å²) in [6.07, 6.45) is 0. The monoisotopic (exact) mass is 365 g/mol. The van der Waals surface area contributed by atoms with E-state index in [4.69, 9.17) is 14.0 Å². The summed E-state index contributed by atoms with van der Waals surface area (Å²) >= 11 is 0. The predicted octanol–water partition coefficient (Wildman–Crippen LogP) is 2.85. The molecule has 1 unspecified atom stereocenters. The van der Waals surface area contributed by atoms with Crippen molar-refractivity contribution < 1.29 is 18.8 Å². The molecular weight excluding hydrogens is 341 g/mol. The topological polar surface area (TPSA) is 56.8 Å². The lowest BCUT2D eigenvalue weighted by Gasteiger charge is -2.32. The lowest BCUT2D eigenvalue weighted by Crippen LogP contribution is -2.41. The second-order valence-electron chi connectivity index (χ2n) is 8.09. The van der Waals surface area contributed by atoms with Gasteiger partial charge in [-0.05, 0) is 50.9 Å². The Morgan fingerprint density at radius 3 is 2.33 bits per heavy atom. The molecule has 1 saturated heterocycles. The first-order chi connectivity index (χ1) is 12.8. The van der Waals surface area contributed by atoms with Crippen LogP contribution in [0.3, 0.4) is 0 Å².